The molecule has 0 aliphatic rings. The van der Waals surface area contributed by atoms with Crippen molar-refractivity contribution in [2.75, 3.05) is 6.61 Å². The van der Waals surface area contributed by atoms with Crippen molar-refractivity contribution < 1.29 is 43.2 Å². The summed E-state index contributed by atoms with van der Waals surface area (Å²) in [5, 5.41) is 9.54. The number of ether oxygens (including phenoxy) is 4. The molecule has 3 N–H and O–H groups in total. The van der Waals surface area contributed by atoms with Crippen LogP contribution in [0.15, 0.2) is 18.2 Å². The van der Waals surface area contributed by atoms with Crippen molar-refractivity contribution in [3.63, 3.8) is 0 Å². The molecule has 0 spiro atoms. The highest BCUT2D eigenvalue weighted by molar-refractivity contribution is 5.77. The molecule has 1 aromatic rings. The van der Waals surface area contributed by atoms with E-state index in [1.54, 1.807) is 41.5 Å². The second kappa shape index (κ2) is 12.2. The maximum absolute atomic E-state index is 11.9. The number of benzene rings is 1. The van der Waals surface area contributed by atoms with Gasteiger partial charge in [-0.3, -0.25) is 14.4 Å². The quantitative estimate of drug-likeness (QED) is 0.387. The number of carboxylic acid groups (broad SMARTS) is 1. The molecule has 0 radical (unpaired) electrons. The number of hydrogen-bond donors (Lipinski definition) is 2. The van der Waals surface area contributed by atoms with Crippen LogP contribution in [0, 0.1) is 5.92 Å². The van der Waals surface area contributed by atoms with Gasteiger partial charge in [-0.05, 0) is 44.4 Å². The number of rotatable bonds is 10. The Bertz CT molecular complexity index is 860. The highest BCUT2D eigenvalue weighted by atomic mass is 16.7. The van der Waals surface area contributed by atoms with Crippen LogP contribution in [0.3, 0.4) is 0 Å². The Morgan fingerprint density at radius 3 is 2.03 bits per heavy atom. The molecule has 2 unspecified atom stereocenters. The van der Waals surface area contributed by atoms with Gasteiger partial charge in [0.2, 0.25) is 0 Å². The van der Waals surface area contributed by atoms with E-state index < -0.39 is 47.5 Å². The van der Waals surface area contributed by atoms with Crippen molar-refractivity contribution in [3.8, 4) is 11.5 Å². The van der Waals surface area contributed by atoms with Crippen LogP contribution in [0.1, 0.15) is 65.9 Å². The van der Waals surface area contributed by atoms with E-state index >= 15 is 0 Å². The summed E-state index contributed by atoms with van der Waals surface area (Å²) in [4.78, 5) is 47.2. The Morgan fingerprint density at radius 2 is 1.55 bits per heavy atom. The van der Waals surface area contributed by atoms with Crippen LogP contribution in [0.4, 0.5) is 4.79 Å². The van der Waals surface area contributed by atoms with Crippen molar-refractivity contribution >= 4 is 24.1 Å². The third kappa shape index (κ3) is 9.09. The molecule has 184 valence electrons. The molecule has 33 heavy (non-hydrogen) atoms. The molecular weight excluding hydrogens is 434 g/mol. The first-order chi connectivity index (χ1) is 15.3. The third-order valence-corrected chi connectivity index (χ3v) is 4.52. The zero-order chi connectivity index (χ0) is 25.3. The molecule has 1 rings (SSSR count). The van der Waals surface area contributed by atoms with Gasteiger partial charge in [-0.1, -0.05) is 26.8 Å². The van der Waals surface area contributed by atoms with E-state index in [1.807, 2.05) is 0 Å². The molecule has 0 aromatic heterocycles. The Labute approximate surface area is 193 Å². The average molecular weight is 468 g/mol. The topological polar surface area (TPSA) is 151 Å². The molecule has 0 fully saturated rings. The predicted molar refractivity (Wildman–Crippen MR) is 118 cm³/mol. The summed E-state index contributed by atoms with van der Waals surface area (Å²) in [7, 11) is 0. The monoisotopic (exact) mass is 467 g/mol. The Hall–Kier alpha value is -3.14. The van der Waals surface area contributed by atoms with E-state index in [4.69, 9.17) is 24.7 Å². The smallest absolute Gasteiger partial charge is 0.480 e. The fraction of sp³-hybridized carbons (Fsp3) is 0.565. The van der Waals surface area contributed by atoms with Crippen molar-refractivity contribution in [1.82, 2.24) is 0 Å². The third-order valence-electron chi connectivity index (χ3n) is 4.52. The van der Waals surface area contributed by atoms with E-state index in [1.165, 1.54) is 18.2 Å². The van der Waals surface area contributed by atoms with Gasteiger partial charge in [-0.15, -0.1) is 0 Å². The lowest BCUT2D eigenvalue weighted by atomic mass is 9.82. The minimum Gasteiger partial charge on any atom is -0.480 e. The maximum Gasteiger partial charge on any atom is 0.508 e. The minimum absolute atomic E-state index is 0.0210. The zero-order valence-corrected chi connectivity index (χ0v) is 19.9. The average Bonchev–Trinajstić information content (AvgIpc) is 2.72. The van der Waals surface area contributed by atoms with Crippen molar-refractivity contribution in [3.05, 3.63) is 23.8 Å². The number of aliphatic carboxylic acids is 1. The van der Waals surface area contributed by atoms with Crippen molar-refractivity contribution in [2.45, 2.75) is 71.9 Å². The first kappa shape index (κ1) is 27.9. The first-order valence-electron chi connectivity index (χ1n) is 10.7. The van der Waals surface area contributed by atoms with Gasteiger partial charge < -0.3 is 29.8 Å². The van der Waals surface area contributed by atoms with Gasteiger partial charge in [0.1, 0.15) is 11.6 Å². The van der Waals surface area contributed by atoms with Crippen LogP contribution in [-0.2, 0) is 23.9 Å². The lowest BCUT2D eigenvalue weighted by Gasteiger charge is -2.28. The Kier molecular flexibility index (Phi) is 10.3. The van der Waals surface area contributed by atoms with Crippen LogP contribution in [-0.4, -0.2) is 47.4 Å². The van der Waals surface area contributed by atoms with Crippen molar-refractivity contribution in [2.24, 2.45) is 11.7 Å². The Morgan fingerprint density at radius 1 is 1.00 bits per heavy atom. The zero-order valence-electron chi connectivity index (χ0n) is 19.9. The number of nitrogens with two attached hydrogens (primary N) is 1. The number of esters is 2. The highest BCUT2D eigenvalue weighted by Gasteiger charge is 2.33. The largest absolute Gasteiger partial charge is 0.508 e. The van der Waals surface area contributed by atoms with Crippen LogP contribution in [0.5, 0.6) is 11.5 Å². The molecule has 0 bridgehead atoms. The van der Waals surface area contributed by atoms with Crippen molar-refractivity contribution in [1.29, 1.82) is 0 Å². The predicted octanol–water partition coefficient (Wildman–Crippen LogP) is 3.40. The van der Waals surface area contributed by atoms with E-state index in [2.05, 4.69) is 0 Å². The summed E-state index contributed by atoms with van der Waals surface area (Å²) < 4.78 is 20.8. The lowest BCUT2D eigenvalue weighted by molar-refractivity contribution is -0.139. The minimum atomic E-state index is -1.36. The normalized spacial score (nSPS) is 13.9. The number of hydrogen-bond acceptors (Lipinski definition) is 9. The van der Waals surface area contributed by atoms with Gasteiger partial charge in [0.05, 0.1) is 6.61 Å². The number of carboxylic acids is 1. The summed E-state index contributed by atoms with van der Waals surface area (Å²) in [6, 6.07) is 2.98. The van der Waals surface area contributed by atoms with E-state index in [0.717, 1.165) is 0 Å². The highest BCUT2D eigenvalue weighted by Crippen LogP contribution is 2.36. The standard InChI is InChI=1S/C23H33NO9/c1-7-17(25)31-15-10-9-14(11-16(15)32-18(26)8-2)19(20(24)21(27)28)13(3)12-30-22(29)33-23(4,5)6/h9-11,13,19-20H,7-8,12,24H2,1-6H3,(H,27,28)/t13?,19?,20-/m0/s1. The van der Waals surface area contributed by atoms with Crippen LogP contribution in [0.25, 0.3) is 0 Å². The fourth-order valence-corrected chi connectivity index (χ4v) is 2.91. The van der Waals surface area contributed by atoms with Gasteiger partial charge in [0, 0.05) is 18.8 Å². The van der Waals surface area contributed by atoms with Gasteiger partial charge in [0.25, 0.3) is 0 Å². The summed E-state index contributed by atoms with van der Waals surface area (Å²) in [5.41, 5.74) is 5.61. The van der Waals surface area contributed by atoms with Crippen LogP contribution in [0.2, 0.25) is 0 Å². The number of carbonyl (C=O) groups is 4. The summed E-state index contributed by atoms with van der Waals surface area (Å²) in [6.45, 7) is 9.77. The SMILES string of the molecule is CCC(=O)Oc1ccc(C(C(C)COC(=O)OC(C)(C)C)[C@H](N)C(=O)O)cc1OC(=O)CC. The second-order valence-corrected chi connectivity index (χ2v) is 8.50. The molecule has 0 heterocycles. The van der Waals surface area contributed by atoms with E-state index in [0.29, 0.717) is 5.56 Å². The molecule has 0 aliphatic heterocycles. The lowest BCUT2D eigenvalue weighted by Crippen LogP contribution is -2.41. The summed E-state index contributed by atoms with van der Waals surface area (Å²) in [5.74, 6) is -3.77. The van der Waals surface area contributed by atoms with Crippen LogP contribution >= 0.6 is 0 Å². The van der Waals surface area contributed by atoms with Gasteiger partial charge in [-0.2, -0.15) is 0 Å². The molecule has 3 atom stereocenters. The summed E-state index contributed by atoms with van der Waals surface area (Å²) >= 11 is 0. The molecule has 0 aliphatic carbocycles. The van der Waals surface area contributed by atoms with Gasteiger partial charge in [-0.25, -0.2) is 4.79 Å². The number of carbonyl (C=O) groups excluding carboxylic acids is 3. The Balaban J connectivity index is 3.27. The molecular formula is C23H33NO9. The second-order valence-electron chi connectivity index (χ2n) is 8.50. The fourth-order valence-electron chi connectivity index (χ4n) is 2.91. The van der Waals surface area contributed by atoms with Gasteiger partial charge >= 0.3 is 24.1 Å². The first-order valence-corrected chi connectivity index (χ1v) is 10.7. The molecule has 0 amide bonds. The molecule has 0 saturated heterocycles. The van der Waals surface area contributed by atoms with E-state index in [-0.39, 0.29) is 30.9 Å². The summed E-state index contributed by atoms with van der Waals surface area (Å²) in [6.07, 6.45) is -0.714. The molecule has 10 nitrogen and oxygen atoms in total. The van der Waals surface area contributed by atoms with Gasteiger partial charge in [0.15, 0.2) is 11.5 Å². The maximum atomic E-state index is 11.9. The molecule has 0 saturated carbocycles. The molecule has 10 heteroatoms. The van der Waals surface area contributed by atoms with Crippen LogP contribution < -0.4 is 15.2 Å². The van der Waals surface area contributed by atoms with E-state index in [9.17, 15) is 24.3 Å². The molecule has 1 aromatic carbocycles.